The molecule has 0 aliphatic rings. The highest BCUT2D eigenvalue weighted by molar-refractivity contribution is 7.22. The molecule has 4 nitrogen and oxygen atoms in total. The van der Waals surface area contributed by atoms with Gasteiger partial charge in [0.05, 0.1) is 21.3 Å². The van der Waals surface area contributed by atoms with Crippen LogP contribution in [0.2, 0.25) is 0 Å². The average Bonchev–Trinajstić information content (AvgIpc) is 3.95. The summed E-state index contributed by atoms with van der Waals surface area (Å²) >= 11 is 1.72. The first kappa shape index (κ1) is 30.7. The molecule has 0 spiro atoms. The van der Waals surface area contributed by atoms with E-state index in [1.807, 2.05) is 24.3 Å². The summed E-state index contributed by atoms with van der Waals surface area (Å²) in [7, 11) is 0. The lowest BCUT2D eigenvalue weighted by Gasteiger charge is -2.26. The number of thiazole rings is 1. The zero-order chi connectivity index (χ0) is 35.6. The van der Waals surface area contributed by atoms with E-state index >= 15 is 0 Å². The maximum atomic E-state index is 6.38. The molecule has 0 aliphatic heterocycles. The van der Waals surface area contributed by atoms with Gasteiger partial charge in [0, 0.05) is 33.1 Å². The number of para-hydroxylation sites is 1. The van der Waals surface area contributed by atoms with Crippen LogP contribution in [0.1, 0.15) is 0 Å². The Balaban J connectivity index is 1.03. The summed E-state index contributed by atoms with van der Waals surface area (Å²) in [5.41, 5.74) is 13.4. The van der Waals surface area contributed by atoms with Crippen molar-refractivity contribution in [2.75, 3.05) is 4.90 Å². The zero-order valence-corrected chi connectivity index (χ0v) is 29.8. The molecule has 0 bridgehead atoms. The molecule has 5 heteroatoms. The monoisotopic (exact) mass is 710 g/mol. The highest BCUT2D eigenvalue weighted by Gasteiger charge is 2.20. The van der Waals surface area contributed by atoms with Crippen molar-refractivity contribution in [3.05, 3.63) is 182 Å². The van der Waals surface area contributed by atoms with Gasteiger partial charge < -0.3 is 13.7 Å². The zero-order valence-electron chi connectivity index (χ0n) is 28.9. The standard InChI is InChI=1S/C49H30N2O2S/c1-3-10-31(11-4-1)32-18-23-36(24-19-32)51(41-15-9-17-44-46(41)38-14-7-8-16-42(38)52-44)37-25-20-33(21-26-37)35-22-28-43-39(30-35)47-45(53-43)29-27-40-48(47)54-49(50-40)34-12-5-2-6-13-34/h1-30H. The van der Waals surface area contributed by atoms with Crippen LogP contribution in [0, 0.1) is 0 Å². The number of fused-ring (bicyclic) bond motifs is 8. The molecule has 0 radical (unpaired) electrons. The van der Waals surface area contributed by atoms with E-state index in [1.54, 1.807) is 11.3 Å². The normalized spacial score (nSPS) is 11.7. The molecule has 8 aromatic carbocycles. The van der Waals surface area contributed by atoms with E-state index in [-0.39, 0.29) is 0 Å². The molecule has 3 aromatic heterocycles. The van der Waals surface area contributed by atoms with Crippen LogP contribution in [-0.2, 0) is 0 Å². The molecule has 11 rings (SSSR count). The predicted octanol–water partition coefficient (Wildman–Crippen LogP) is 14.6. The smallest absolute Gasteiger partial charge is 0.137 e. The van der Waals surface area contributed by atoms with E-state index < -0.39 is 0 Å². The van der Waals surface area contributed by atoms with Gasteiger partial charge in [-0.15, -0.1) is 11.3 Å². The van der Waals surface area contributed by atoms with Crippen molar-refractivity contribution in [2.24, 2.45) is 0 Å². The Hall–Kier alpha value is -6.95. The SMILES string of the molecule is c1ccc(-c2ccc(N(c3ccc(-c4ccc5oc6ccc7nc(-c8ccccc8)sc7c6c5c4)cc3)c3cccc4oc5ccccc5c34)cc2)cc1. The average molecular weight is 711 g/mol. The van der Waals surface area contributed by atoms with Crippen LogP contribution in [0.25, 0.3) is 86.9 Å². The second kappa shape index (κ2) is 12.3. The number of rotatable bonds is 6. The maximum Gasteiger partial charge on any atom is 0.137 e. The van der Waals surface area contributed by atoms with Crippen molar-refractivity contribution < 1.29 is 8.83 Å². The van der Waals surface area contributed by atoms with Crippen LogP contribution >= 0.6 is 11.3 Å². The van der Waals surface area contributed by atoms with Crippen LogP contribution in [-0.4, -0.2) is 4.98 Å². The highest BCUT2D eigenvalue weighted by Crippen LogP contribution is 2.45. The molecule has 3 heterocycles. The summed E-state index contributed by atoms with van der Waals surface area (Å²) in [6, 6.07) is 63.8. The van der Waals surface area contributed by atoms with E-state index in [0.29, 0.717) is 0 Å². The summed E-state index contributed by atoms with van der Waals surface area (Å²) in [6.07, 6.45) is 0. The first-order chi connectivity index (χ1) is 26.7. The second-order valence-electron chi connectivity index (χ2n) is 13.5. The molecule has 0 aliphatic carbocycles. The van der Waals surface area contributed by atoms with Crippen molar-refractivity contribution in [3.8, 4) is 32.8 Å². The van der Waals surface area contributed by atoms with Crippen molar-refractivity contribution in [1.82, 2.24) is 4.98 Å². The number of anilines is 3. The molecule has 0 saturated heterocycles. The van der Waals surface area contributed by atoms with Crippen LogP contribution in [0.5, 0.6) is 0 Å². The van der Waals surface area contributed by atoms with E-state index in [9.17, 15) is 0 Å². The lowest BCUT2D eigenvalue weighted by molar-refractivity contribution is 0.668. The Labute approximate surface area is 314 Å². The second-order valence-corrected chi connectivity index (χ2v) is 14.5. The first-order valence-electron chi connectivity index (χ1n) is 18.0. The molecular formula is C49H30N2O2S. The summed E-state index contributed by atoms with van der Waals surface area (Å²) in [6.45, 7) is 0. The van der Waals surface area contributed by atoms with Crippen LogP contribution < -0.4 is 4.90 Å². The van der Waals surface area contributed by atoms with Crippen molar-refractivity contribution in [3.63, 3.8) is 0 Å². The fourth-order valence-corrected chi connectivity index (χ4v) is 8.86. The van der Waals surface area contributed by atoms with E-state index in [2.05, 4.69) is 163 Å². The molecule has 0 N–H and O–H groups in total. The molecule has 0 amide bonds. The Morgan fingerprint density at radius 1 is 0.407 bits per heavy atom. The maximum absolute atomic E-state index is 6.38. The molecule has 0 fully saturated rings. The topological polar surface area (TPSA) is 42.4 Å². The third-order valence-corrected chi connectivity index (χ3v) is 11.5. The number of hydrogen-bond donors (Lipinski definition) is 0. The van der Waals surface area contributed by atoms with Gasteiger partial charge in [0.2, 0.25) is 0 Å². The molecule has 0 saturated carbocycles. The van der Waals surface area contributed by atoms with Crippen LogP contribution in [0.3, 0.4) is 0 Å². The molecule has 54 heavy (non-hydrogen) atoms. The third-order valence-electron chi connectivity index (χ3n) is 10.3. The number of aromatic nitrogens is 1. The van der Waals surface area contributed by atoms with Crippen molar-refractivity contribution in [1.29, 1.82) is 0 Å². The molecule has 0 atom stereocenters. The fraction of sp³-hybridized carbons (Fsp3) is 0. The minimum absolute atomic E-state index is 0.864. The van der Waals surface area contributed by atoms with Crippen molar-refractivity contribution in [2.45, 2.75) is 0 Å². The summed E-state index contributed by atoms with van der Waals surface area (Å²) in [4.78, 5) is 7.33. The Morgan fingerprint density at radius 2 is 0.963 bits per heavy atom. The van der Waals surface area contributed by atoms with E-state index in [4.69, 9.17) is 13.8 Å². The lowest BCUT2D eigenvalue weighted by Crippen LogP contribution is -2.10. The number of nitrogens with zero attached hydrogens (tertiary/aromatic N) is 2. The van der Waals surface area contributed by atoms with Gasteiger partial charge in [0.1, 0.15) is 27.3 Å². The van der Waals surface area contributed by atoms with Gasteiger partial charge in [-0.2, -0.15) is 0 Å². The summed E-state index contributed by atoms with van der Waals surface area (Å²) in [5, 5.41) is 5.41. The van der Waals surface area contributed by atoms with Gasteiger partial charge in [-0.1, -0.05) is 115 Å². The van der Waals surface area contributed by atoms with Gasteiger partial charge in [0.15, 0.2) is 0 Å². The van der Waals surface area contributed by atoms with Gasteiger partial charge >= 0.3 is 0 Å². The highest BCUT2D eigenvalue weighted by atomic mass is 32.1. The minimum Gasteiger partial charge on any atom is -0.456 e. The number of benzene rings is 8. The fourth-order valence-electron chi connectivity index (χ4n) is 7.74. The molecular weight excluding hydrogens is 681 g/mol. The minimum atomic E-state index is 0.864. The first-order valence-corrected chi connectivity index (χ1v) is 18.8. The van der Waals surface area contributed by atoms with Crippen LogP contribution in [0.4, 0.5) is 17.1 Å². The Morgan fingerprint density at radius 3 is 1.70 bits per heavy atom. The van der Waals surface area contributed by atoms with E-state index in [1.165, 1.54) is 11.1 Å². The predicted molar refractivity (Wildman–Crippen MR) is 225 cm³/mol. The third kappa shape index (κ3) is 5.01. The van der Waals surface area contributed by atoms with E-state index in [0.717, 1.165) is 92.9 Å². The largest absolute Gasteiger partial charge is 0.456 e. The number of furan rings is 2. The van der Waals surface area contributed by atoms with Crippen LogP contribution in [0.15, 0.2) is 191 Å². The van der Waals surface area contributed by atoms with Gasteiger partial charge in [-0.05, 0) is 89.0 Å². The van der Waals surface area contributed by atoms with Gasteiger partial charge in [0.25, 0.3) is 0 Å². The summed E-state index contributed by atoms with van der Waals surface area (Å²) in [5.74, 6) is 0. The lowest BCUT2D eigenvalue weighted by atomic mass is 10.0. The van der Waals surface area contributed by atoms with Gasteiger partial charge in [-0.3, -0.25) is 0 Å². The summed E-state index contributed by atoms with van der Waals surface area (Å²) < 4.78 is 13.9. The van der Waals surface area contributed by atoms with Gasteiger partial charge in [-0.25, -0.2) is 4.98 Å². The molecule has 0 unspecified atom stereocenters. The number of hydrogen-bond acceptors (Lipinski definition) is 5. The Kier molecular flexibility index (Phi) is 7.00. The quantitative estimate of drug-likeness (QED) is 0.172. The van der Waals surface area contributed by atoms with Crippen molar-refractivity contribution >= 4 is 82.5 Å². The Bertz CT molecular complexity index is 3140. The molecule has 254 valence electrons. The molecule has 11 aromatic rings.